The molecular weight excluding hydrogens is 370 g/mol. The number of Topliss-reactive ketones (excluding diaryl/α,β-unsaturated/α-hetero) is 1. The molecule has 9 heteroatoms. The van der Waals surface area contributed by atoms with Gasteiger partial charge in [0.2, 0.25) is 0 Å². The Balaban J connectivity index is 1.49. The lowest BCUT2D eigenvalue weighted by atomic mass is 10.00. The van der Waals surface area contributed by atoms with Crippen molar-refractivity contribution in [3.8, 4) is 0 Å². The molecule has 2 aliphatic rings. The summed E-state index contributed by atoms with van der Waals surface area (Å²) in [4.78, 5) is 25.7. The Morgan fingerprint density at radius 2 is 2.24 bits per heavy atom. The van der Waals surface area contributed by atoms with E-state index in [1.54, 1.807) is 23.1 Å². The minimum Gasteiger partial charge on any atom is -0.490 e. The van der Waals surface area contributed by atoms with E-state index in [0.29, 0.717) is 48.4 Å². The molecule has 0 fully saturated rings. The maximum absolute atomic E-state index is 12.6. The molecule has 0 bridgehead atoms. The molecule has 3 aromatic rings. The van der Waals surface area contributed by atoms with Gasteiger partial charge in [0.05, 0.1) is 30.5 Å². The summed E-state index contributed by atoms with van der Waals surface area (Å²) in [6, 6.07) is 5.75. The summed E-state index contributed by atoms with van der Waals surface area (Å²) >= 11 is 0. The summed E-state index contributed by atoms with van der Waals surface area (Å²) in [5, 5.41) is 7.92. The number of carbonyl (C=O) groups excluding carboxylic acids is 1. The maximum atomic E-state index is 12.6. The minimum absolute atomic E-state index is 0.0716. The van der Waals surface area contributed by atoms with Crippen LogP contribution in [0.3, 0.4) is 0 Å². The van der Waals surface area contributed by atoms with Gasteiger partial charge in [-0.1, -0.05) is 6.07 Å². The SMILES string of the molecule is O=C1CC2=NCCOC2=CC1=Nc1c(NCCn2ccnc2)nn2ccccc12. The number of hydrogen-bond donors (Lipinski definition) is 1. The van der Waals surface area contributed by atoms with Gasteiger partial charge in [-0.05, 0) is 12.1 Å². The van der Waals surface area contributed by atoms with Gasteiger partial charge in [0.25, 0.3) is 0 Å². The summed E-state index contributed by atoms with van der Waals surface area (Å²) in [6.07, 6.45) is 9.18. The van der Waals surface area contributed by atoms with E-state index in [4.69, 9.17) is 4.74 Å². The third-order valence-electron chi connectivity index (χ3n) is 4.79. The molecule has 0 spiro atoms. The van der Waals surface area contributed by atoms with Crippen molar-refractivity contribution < 1.29 is 9.53 Å². The lowest BCUT2D eigenvalue weighted by Gasteiger charge is -2.20. The Morgan fingerprint density at radius 1 is 1.28 bits per heavy atom. The molecule has 146 valence electrons. The summed E-state index contributed by atoms with van der Waals surface area (Å²) in [5.74, 6) is 1.19. The average Bonchev–Trinajstić information content (AvgIpc) is 3.37. The van der Waals surface area contributed by atoms with Crippen LogP contribution < -0.4 is 5.32 Å². The molecule has 0 radical (unpaired) electrons. The van der Waals surface area contributed by atoms with E-state index in [1.807, 2.05) is 35.2 Å². The predicted octanol–water partition coefficient (Wildman–Crippen LogP) is 2.04. The monoisotopic (exact) mass is 389 g/mol. The fourth-order valence-electron chi connectivity index (χ4n) is 3.37. The molecule has 1 N–H and O–H groups in total. The van der Waals surface area contributed by atoms with Gasteiger partial charge in [0.15, 0.2) is 11.6 Å². The van der Waals surface area contributed by atoms with Crippen LogP contribution >= 0.6 is 0 Å². The third kappa shape index (κ3) is 3.42. The van der Waals surface area contributed by atoms with E-state index in [-0.39, 0.29) is 12.2 Å². The second kappa shape index (κ2) is 7.34. The molecule has 4 heterocycles. The highest BCUT2D eigenvalue weighted by Crippen LogP contribution is 2.31. The van der Waals surface area contributed by atoms with Crippen LogP contribution in [0, 0.1) is 0 Å². The van der Waals surface area contributed by atoms with E-state index in [2.05, 4.69) is 25.4 Å². The maximum Gasteiger partial charge on any atom is 0.187 e. The van der Waals surface area contributed by atoms with Crippen LogP contribution in [-0.2, 0) is 16.1 Å². The number of pyridine rings is 1. The second-order valence-corrected chi connectivity index (χ2v) is 6.74. The van der Waals surface area contributed by atoms with Crippen LogP contribution in [0.2, 0.25) is 0 Å². The number of aliphatic imine (C=N–C) groups is 2. The molecule has 3 aromatic heterocycles. The summed E-state index contributed by atoms with van der Waals surface area (Å²) in [5.41, 5.74) is 2.52. The fraction of sp³-hybridized carbons (Fsp3) is 0.250. The van der Waals surface area contributed by atoms with E-state index >= 15 is 0 Å². The molecule has 0 aromatic carbocycles. The molecule has 1 aliphatic heterocycles. The smallest absolute Gasteiger partial charge is 0.187 e. The van der Waals surface area contributed by atoms with Gasteiger partial charge in [-0.25, -0.2) is 14.5 Å². The van der Waals surface area contributed by atoms with Crippen molar-refractivity contribution in [2.75, 3.05) is 25.0 Å². The van der Waals surface area contributed by atoms with Crippen molar-refractivity contribution in [1.82, 2.24) is 19.2 Å². The van der Waals surface area contributed by atoms with Crippen molar-refractivity contribution in [3.05, 3.63) is 55.0 Å². The van der Waals surface area contributed by atoms with Crippen LogP contribution in [0.15, 0.2) is 64.9 Å². The van der Waals surface area contributed by atoms with Crippen molar-refractivity contribution >= 4 is 34.2 Å². The fourth-order valence-corrected chi connectivity index (χ4v) is 3.37. The van der Waals surface area contributed by atoms with Crippen LogP contribution in [-0.4, -0.2) is 56.1 Å². The number of ketones is 1. The lowest BCUT2D eigenvalue weighted by molar-refractivity contribution is -0.112. The number of carbonyl (C=O) groups is 1. The Kier molecular flexibility index (Phi) is 4.39. The Labute approximate surface area is 166 Å². The van der Waals surface area contributed by atoms with E-state index in [9.17, 15) is 4.79 Å². The van der Waals surface area contributed by atoms with Crippen LogP contribution in [0.25, 0.3) is 5.52 Å². The number of rotatable bonds is 5. The molecule has 1 aliphatic carbocycles. The van der Waals surface area contributed by atoms with Crippen molar-refractivity contribution in [3.63, 3.8) is 0 Å². The van der Waals surface area contributed by atoms with Crippen molar-refractivity contribution in [2.45, 2.75) is 13.0 Å². The topological polar surface area (TPSA) is 98.2 Å². The molecule has 0 saturated heterocycles. The summed E-state index contributed by atoms with van der Waals surface area (Å²) < 4.78 is 9.39. The molecule has 9 nitrogen and oxygen atoms in total. The quantitative estimate of drug-likeness (QED) is 0.720. The Morgan fingerprint density at radius 3 is 3.14 bits per heavy atom. The molecule has 0 saturated carbocycles. The van der Waals surface area contributed by atoms with Crippen LogP contribution in [0.5, 0.6) is 0 Å². The van der Waals surface area contributed by atoms with Crippen LogP contribution in [0.4, 0.5) is 11.5 Å². The predicted molar refractivity (Wildman–Crippen MR) is 109 cm³/mol. The molecule has 0 amide bonds. The number of fused-ring (bicyclic) bond motifs is 2. The zero-order valence-corrected chi connectivity index (χ0v) is 15.7. The number of anilines is 1. The first-order valence-corrected chi connectivity index (χ1v) is 9.45. The number of aromatic nitrogens is 4. The number of ether oxygens (including phenoxy) is 1. The van der Waals surface area contributed by atoms with Gasteiger partial charge in [0, 0.05) is 37.8 Å². The van der Waals surface area contributed by atoms with E-state index < -0.39 is 0 Å². The van der Waals surface area contributed by atoms with Gasteiger partial charge >= 0.3 is 0 Å². The summed E-state index contributed by atoms with van der Waals surface area (Å²) in [7, 11) is 0. The lowest BCUT2D eigenvalue weighted by Crippen LogP contribution is -2.28. The Bertz CT molecular complexity index is 1150. The molecule has 29 heavy (non-hydrogen) atoms. The number of nitrogens with one attached hydrogen (secondary N) is 1. The van der Waals surface area contributed by atoms with Gasteiger partial charge in [-0.3, -0.25) is 9.79 Å². The van der Waals surface area contributed by atoms with Gasteiger partial charge in [0.1, 0.15) is 23.8 Å². The zero-order valence-electron chi connectivity index (χ0n) is 15.7. The highest BCUT2D eigenvalue weighted by Gasteiger charge is 2.26. The van der Waals surface area contributed by atoms with Gasteiger partial charge in [-0.15, -0.1) is 5.10 Å². The second-order valence-electron chi connectivity index (χ2n) is 6.74. The number of hydrogen-bond acceptors (Lipinski definition) is 7. The van der Waals surface area contributed by atoms with Gasteiger partial charge < -0.3 is 14.6 Å². The highest BCUT2D eigenvalue weighted by molar-refractivity contribution is 6.51. The first-order valence-electron chi connectivity index (χ1n) is 9.45. The summed E-state index contributed by atoms with van der Waals surface area (Å²) in [6.45, 7) is 2.49. The average molecular weight is 389 g/mol. The van der Waals surface area contributed by atoms with Gasteiger partial charge in [-0.2, -0.15) is 0 Å². The van der Waals surface area contributed by atoms with E-state index in [0.717, 1.165) is 12.1 Å². The number of allylic oxidation sites excluding steroid dienone is 2. The largest absolute Gasteiger partial charge is 0.490 e. The van der Waals surface area contributed by atoms with Crippen molar-refractivity contribution in [1.29, 1.82) is 0 Å². The highest BCUT2D eigenvalue weighted by atomic mass is 16.5. The first kappa shape index (κ1) is 17.4. The minimum atomic E-state index is -0.0716. The van der Waals surface area contributed by atoms with E-state index in [1.165, 1.54) is 0 Å². The number of nitrogens with zero attached hydrogens (tertiary/aromatic N) is 6. The molecule has 0 atom stereocenters. The molecular formula is C20H19N7O2. The Hall–Kier alpha value is -3.75. The normalized spacial score (nSPS) is 17.7. The number of imidazole rings is 1. The first-order chi connectivity index (χ1) is 14.3. The third-order valence-corrected chi connectivity index (χ3v) is 4.79. The zero-order chi connectivity index (χ0) is 19.6. The van der Waals surface area contributed by atoms with Crippen molar-refractivity contribution in [2.24, 2.45) is 9.98 Å². The molecule has 5 rings (SSSR count). The molecule has 0 unspecified atom stereocenters. The standard InChI is InChI=1S/C20H19N7O2/c28-17-11-15-18(29-10-6-22-15)12-14(17)24-19-16-3-1-2-7-27(16)25-20(19)23-5-9-26-8-4-21-13-26/h1-4,7-8,12-13H,5-6,9-11H2,(H,23,25). The van der Waals surface area contributed by atoms with Crippen LogP contribution in [0.1, 0.15) is 6.42 Å².